The SMILES string of the molecule is COc1cc(-c2cnc3cccnc3n2)ccc1O. The molecule has 1 aromatic carbocycles. The molecule has 2 heterocycles. The van der Waals surface area contributed by atoms with Crippen molar-refractivity contribution in [2.75, 3.05) is 7.11 Å². The summed E-state index contributed by atoms with van der Waals surface area (Å²) >= 11 is 0. The van der Waals surface area contributed by atoms with Crippen LogP contribution in [0.4, 0.5) is 0 Å². The summed E-state index contributed by atoms with van der Waals surface area (Å²) in [6.45, 7) is 0. The molecule has 0 unspecified atom stereocenters. The van der Waals surface area contributed by atoms with E-state index in [1.165, 1.54) is 7.11 Å². The molecule has 5 heteroatoms. The Morgan fingerprint density at radius 1 is 1.16 bits per heavy atom. The predicted molar refractivity (Wildman–Crippen MR) is 71.0 cm³/mol. The number of phenols is 1. The zero-order valence-corrected chi connectivity index (χ0v) is 10.2. The number of fused-ring (bicyclic) bond motifs is 1. The first kappa shape index (κ1) is 11.4. The maximum atomic E-state index is 9.58. The Labute approximate surface area is 109 Å². The summed E-state index contributed by atoms with van der Waals surface area (Å²) in [5, 5.41) is 9.58. The Bertz CT molecular complexity index is 744. The largest absolute Gasteiger partial charge is 0.504 e. The van der Waals surface area contributed by atoms with Crippen LogP contribution in [0.1, 0.15) is 0 Å². The normalized spacial score (nSPS) is 10.6. The number of aromatic hydroxyl groups is 1. The molecule has 5 nitrogen and oxygen atoms in total. The first-order valence-electron chi connectivity index (χ1n) is 5.73. The zero-order valence-electron chi connectivity index (χ0n) is 10.2. The van der Waals surface area contributed by atoms with E-state index in [1.54, 1.807) is 30.6 Å². The lowest BCUT2D eigenvalue weighted by molar-refractivity contribution is 0.373. The summed E-state index contributed by atoms with van der Waals surface area (Å²) in [6.07, 6.45) is 3.36. The van der Waals surface area contributed by atoms with Gasteiger partial charge in [0.1, 0.15) is 5.52 Å². The Kier molecular flexibility index (Phi) is 2.72. The molecule has 0 aliphatic heterocycles. The lowest BCUT2D eigenvalue weighted by atomic mass is 10.1. The van der Waals surface area contributed by atoms with Crippen molar-refractivity contribution in [2.24, 2.45) is 0 Å². The number of pyridine rings is 1. The molecular weight excluding hydrogens is 242 g/mol. The van der Waals surface area contributed by atoms with E-state index in [1.807, 2.05) is 12.1 Å². The van der Waals surface area contributed by atoms with Crippen molar-refractivity contribution in [3.05, 3.63) is 42.7 Å². The van der Waals surface area contributed by atoms with Gasteiger partial charge in [-0.1, -0.05) is 0 Å². The number of aromatic nitrogens is 3. The molecule has 0 saturated heterocycles. The minimum atomic E-state index is 0.0955. The van der Waals surface area contributed by atoms with Crippen LogP contribution in [0.2, 0.25) is 0 Å². The number of hydrogen-bond acceptors (Lipinski definition) is 5. The summed E-state index contributed by atoms with van der Waals surface area (Å²) in [6, 6.07) is 8.72. The second-order valence-corrected chi connectivity index (χ2v) is 3.99. The fourth-order valence-electron chi connectivity index (χ4n) is 1.83. The van der Waals surface area contributed by atoms with E-state index in [0.29, 0.717) is 17.1 Å². The Hall–Kier alpha value is -2.69. The fourth-order valence-corrected chi connectivity index (χ4v) is 1.83. The number of hydrogen-bond donors (Lipinski definition) is 1. The molecule has 1 N–H and O–H groups in total. The summed E-state index contributed by atoms with van der Waals surface area (Å²) in [5.41, 5.74) is 2.84. The van der Waals surface area contributed by atoms with Crippen molar-refractivity contribution < 1.29 is 9.84 Å². The number of phenolic OH excluding ortho intramolecular Hbond substituents is 1. The van der Waals surface area contributed by atoms with Crippen LogP contribution >= 0.6 is 0 Å². The fraction of sp³-hybridized carbons (Fsp3) is 0.0714. The quantitative estimate of drug-likeness (QED) is 0.759. The van der Waals surface area contributed by atoms with Gasteiger partial charge in [0.2, 0.25) is 0 Å². The first-order chi connectivity index (χ1) is 9.28. The molecule has 0 fully saturated rings. The molecule has 0 amide bonds. The van der Waals surface area contributed by atoms with Crippen molar-refractivity contribution >= 4 is 11.2 Å². The predicted octanol–water partition coefficient (Wildman–Crippen LogP) is 2.41. The Morgan fingerprint density at radius 3 is 2.89 bits per heavy atom. The van der Waals surface area contributed by atoms with Crippen LogP contribution in [0.3, 0.4) is 0 Å². The van der Waals surface area contributed by atoms with Crippen LogP contribution in [0.5, 0.6) is 11.5 Å². The molecule has 94 valence electrons. The summed E-state index contributed by atoms with van der Waals surface area (Å²) in [7, 11) is 1.51. The number of benzene rings is 1. The van der Waals surface area contributed by atoms with Gasteiger partial charge in [0.25, 0.3) is 0 Å². The summed E-state index contributed by atoms with van der Waals surface area (Å²) in [5.74, 6) is 0.499. The molecule has 0 saturated carbocycles. The van der Waals surface area contributed by atoms with Crippen LogP contribution in [0.15, 0.2) is 42.7 Å². The first-order valence-corrected chi connectivity index (χ1v) is 5.73. The highest BCUT2D eigenvalue weighted by Crippen LogP contribution is 2.30. The van der Waals surface area contributed by atoms with Gasteiger partial charge in [0.15, 0.2) is 17.1 Å². The summed E-state index contributed by atoms with van der Waals surface area (Å²) < 4.78 is 5.08. The van der Waals surface area contributed by atoms with E-state index >= 15 is 0 Å². The minimum absolute atomic E-state index is 0.0955. The molecule has 0 aliphatic carbocycles. The van der Waals surface area contributed by atoms with Gasteiger partial charge < -0.3 is 9.84 Å². The van der Waals surface area contributed by atoms with Crippen LogP contribution in [0, 0.1) is 0 Å². The van der Waals surface area contributed by atoms with Gasteiger partial charge in [-0.3, -0.25) is 4.98 Å². The molecule has 0 atom stereocenters. The minimum Gasteiger partial charge on any atom is -0.504 e. The highest BCUT2D eigenvalue weighted by Gasteiger charge is 2.07. The average Bonchev–Trinajstić information content (AvgIpc) is 2.47. The van der Waals surface area contributed by atoms with Crippen molar-refractivity contribution in [3.8, 4) is 22.8 Å². The van der Waals surface area contributed by atoms with E-state index < -0.39 is 0 Å². The third-order valence-corrected chi connectivity index (χ3v) is 2.79. The third-order valence-electron chi connectivity index (χ3n) is 2.79. The van der Waals surface area contributed by atoms with Crippen LogP contribution < -0.4 is 4.74 Å². The molecule has 19 heavy (non-hydrogen) atoms. The zero-order chi connectivity index (χ0) is 13.2. The maximum Gasteiger partial charge on any atom is 0.178 e. The molecule has 0 bridgehead atoms. The van der Waals surface area contributed by atoms with Gasteiger partial charge in [0, 0.05) is 11.8 Å². The highest BCUT2D eigenvalue weighted by atomic mass is 16.5. The lowest BCUT2D eigenvalue weighted by Gasteiger charge is -2.06. The van der Waals surface area contributed by atoms with Gasteiger partial charge in [-0.2, -0.15) is 0 Å². The maximum absolute atomic E-state index is 9.58. The average molecular weight is 253 g/mol. The Balaban J connectivity index is 2.13. The van der Waals surface area contributed by atoms with Gasteiger partial charge in [-0.25, -0.2) is 9.97 Å². The van der Waals surface area contributed by atoms with E-state index in [9.17, 15) is 5.11 Å². The smallest absolute Gasteiger partial charge is 0.178 e. The number of ether oxygens (including phenoxy) is 1. The molecule has 0 radical (unpaired) electrons. The molecule has 3 rings (SSSR count). The standard InChI is InChI=1S/C14H11N3O2/c1-19-13-7-9(4-5-12(13)18)11-8-16-10-3-2-6-15-14(10)17-11/h2-8,18H,1H3. The second-order valence-electron chi connectivity index (χ2n) is 3.99. The molecule has 0 spiro atoms. The van der Waals surface area contributed by atoms with E-state index in [4.69, 9.17) is 4.74 Å². The van der Waals surface area contributed by atoms with Crippen molar-refractivity contribution in [2.45, 2.75) is 0 Å². The van der Waals surface area contributed by atoms with Crippen molar-refractivity contribution in [3.63, 3.8) is 0 Å². The second kappa shape index (κ2) is 4.53. The molecule has 2 aromatic heterocycles. The van der Waals surface area contributed by atoms with E-state index in [2.05, 4.69) is 15.0 Å². The van der Waals surface area contributed by atoms with Gasteiger partial charge in [-0.05, 0) is 30.3 Å². The van der Waals surface area contributed by atoms with Crippen molar-refractivity contribution in [1.82, 2.24) is 15.0 Å². The number of rotatable bonds is 2. The van der Waals surface area contributed by atoms with Crippen molar-refractivity contribution in [1.29, 1.82) is 0 Å². The van der Waals surface area contributed by atoms with E-state index in [-0.39, 0.29) is 5.75 Å². The molecule has 0 aliphatic rings. The molecule has 3 aromatic rings. The number of nitrogens with zero attached hydrogens (tertiary/aromatic N) is 3. The third kappa shape index (κ3) is 2.06. The number of methoxy groups -OCH3 is 1. The summed E-state index contributed by atoms with van der Waals surface area (Å²) in [4.78, 5) is 12.9. The van der Waals surface area contributed by atoms with Gasteiger partial charge in [0.05, 0.1) is 19.0 Å². The van der Waals surface area contributed by atoms with Gasteiger partial charge in [-0.15, -0.1) is 0 Å². The molecular formula is C14H11N3O2. The topological polar surface area (TPSA) is 68.1 Å². The van der Waals surface area contributed by atoms with E-state index in [0.717, 1.165) is 11.1 Å². The highest BCUT2D eigenvalue weighted by molar-refractivity contribution is 5.73. The van der Waals surface area contributed by atoms with Crippen LogP contribution in [-0.4, -0.2) is 27.2 Å². The van der Waals surface area contributed by atoms with Gasteiger partial charge >= 0.3 is 0 Å². The van der Waals surface area contributed by atoms with Crippen LogP contribution in [0.25, 0.3) is 22.4 Å². The van der Waals surface area contributed by atoms with Crippen LogP contribution in [-0.2, 0) is 0 Å². The Morgan fingerprint density at radius 2 is 2.05 bits per heavy atom. The lowest BCUT2D eigenvalue weighted by Crippen LogP contribution is -1.91. The monoisotopic (exact) mass is 253 g/mol.